The Morgan fingerprint density at radius 1 is 1.21 bits per heavy atom. The Kier molecular flexibility index (Phi) is 4.27. The lowest BCUT2D eigenvalue weighted by atomic mass is 10.1. The van der Waals surface area contributed by atoms with Gasteiger partial charge in [-0.1, -0.05) is 23.7 Å². The molecule has 0 saturated carbocycles. The fraction of sp³-hybridized carbons (Fsp3) is 0.133. The molecule has 96 valence electrons. The van der Waals surface area contributed by atoms with Crippen LogP contribution in [0.2, 0.25) is 5.02 Å². The molecule has 0 heterocycles. The van der Waals surface area contributed by atoms with Gasteiger partial charge in [0.05, 0.1) is 12.5 Å². The number of hydrogen-bond acceptors (Lipinski definition) is 3. The summed E-state index contributed by atoms with van der Waals surface area (Å²) in [4.78, 5) is 0. The summed E-state index contributed by atoms with van der Waals surface area (Å²) in [5, 5.41) is 9.40. The second kappa shape index (κ2) is 6.12. The summed E-state index contributed by atoms with van der Waals surface area (Å²) in [5.74, 6) is 0.694. The van der Waals surface area contributed by atoms with Crippen LogP contribution in [0.4, 0.5) is 5.69 Å². The van der Waals surface area contributed by atoms with Gasteiger partial charge in [0.25, 0.3) is 0 Å². The van der Waals surface area contributed by atoms with Crippen molar-refractivity contribution < 1.29 is 4.74 Å². The second-order valence-electron chi connectivity index (χ2n) is 4.11. The van der Waals surface area contributed by atoms with Crippen LogP contribution in [0.5, 0.6) is 5.75 Å². The number of hydrogen-bond donors (Lipinski definition) is 1. The van der Waals surface area contributed by atoms with Crippen molar-refractivity contribution in [2.45, 2.75) is 13.0 Å². The molecule has 0 unspecified atom stereocenters. The zero-order valence-electron chi connectivity index (χ0n) is 10.3. The SMILES string of the molecule is N#CCc1cc(OCc2cccc(Cl)c2)ccc1N. The van der Waals surface area contributed by atoms with Crippen molar-refractivity contribution in [3.8, 4) is 11.8 Å². The maximum atomic E-state index is 8.71. The molecule has 0 bridgehead atoms. The minimum atomic E-state index is 0.278. The Morgan fingerprint density at radius 2 is 2.05 bits per heavy atom. The normalized spacial score (nSPS) is 9.89. The van der Waals surface area contributed by atoms with Gasteiger partial charge in [0.2, 0.25) is 0 Å². The molecule has 0 atom stereocenters. The summed E-state index contributed by atoms with van der Waals surface area (Å²) in [6.07, 6.45) is 0.278. The number of anilines is 1. The standard InChI is InChI=1S/C15H13ClN2O/c16-13-3-1-2-11(8-13)10-19-14-4-5-15(18)12(9-14)6-7-17/h1-5,8-9H,6,10,18H2. The van der Waals surface area contributed by atoms with E-state index in [9.17, 15) is 0 Å². The van der Waals surface area contributed by atoms with E-state index in [2.05, 4.69) is 6.07 Å². The van der Waals surface area contributed by atoms with E-state index >= 15 is 0 Å². The molecular formula is C15H13ClN2O. The van der Waals surface area contributed by atoms with E-state index in [-0.39, 0.29) is 6.42 Å². The van der Waals surface area contributed by atoms with Crippen LogP contribution in [0.1, 0.15) is 11.1 Å². The molecule has 0 amide bonds. The van der Waals surface area contributed by atoms with E-state index in [1.54, 1.807) is 18.2 Å². The molecule has 2 rings (SSSR count). The monoisotopic (exact) mass is 272 g/mol. The van der Waals surface area contributed by atoms with Gasteiger partial charge in [-0.2, -0.15) is 5.26 Å². The highest BCUT2D eigenvalue weighted by molar-refractivity contribution is 6.30. The van der Waals surface area contributed by atoms with Gasteiger partial charge in [0.1, 0.15) is 12.4 Å². The number of nitrogens with two attached hydrogens (primary N) is 1. The van der Waals surface area contributed by atoms with Crippen molar-refractivity contribution in [1.82, 2.24) is 0 Å². The zero-order chi connectivity index (χ0) is 13.7. The van der Waals surface area contributed by atoms with Crippen molar-refractivity contribution in [1.29, 1.82) is 5.26 Å². The van der Waals surface area contributed by atoms with Crippen molar-refractivity contribution >= 4 is 17.3 Å². The molecule has 0 spiro atoms. The van der Waals surface area contributed by atoms with Crippen LogP contribution in [0.15, 0.2) is 42.5 Å². The van der Waals surface area contributed by atoms with Crippen LogP contribution in [-0.4, -0.2) is 0 Å². The molecule has 0 aliphatic rings. The predicted octanol–water partition coefficient (Wildman–Crippen LogP) is 3.57. The summed E-state index contributed by atoms with van der Waals surface area (Å²) in [7, 11) is 0. The van der Waals surface area contributed by atoms with E-state index in [0.717, 1.165) is 11.1 Å². The Morgan fingerprint density at radius 3 is 2.79 bits per heavy atom. The molecule has 3 nitrogen and oxygen atoms in total. The third-order valence-electron chi connectivity index (χ3n) is 2.68. The predicted molar refractivity (Wildman–Crippen MR) is 76.0 cm³/mol. The van der Waals surface area contributed by atoms with Crippen molar-refractivity contribution in [2.24, 2.45) is 0 Å². The van der Waals surface area contributed by atoms with Gasteiger partial charge < -0.3 is 10.5 Å². The fourth-order valence-corrected chi connectivity index (χ4v) is 1.92. The van der Waals surface area contributed by atoms with Crippen LogP contribution >= 0.6 is 11.6 Å². The third-order valence-corrected chi connectivity index (χ3v) is 2.91. The maximum absolute atomic E-state index is 8.71. The molecule has 2 aromatic carbocycles. The summed E-state index contributed by atoms with van der Waals surface area (Å²) >= 11 is 5.91. The number of nitriles is 1. The molecule has 0 fully saturated rings. The molecule has 2 N–H and O–H groups in total. The van der Waals surface area contributed by atoms with Gasteiger partial charge in [-0.25, -0.2) is 0 Å². The number of rotatable bonds is 4. The Balaban J connectivity index is 2.08. The summed E-state index contributed by atoms with van der Waals surface area (Å²) in [5.41, 5.74) is 8.16. The van der Waals surface area contributed by atoms with Crippen molar-refractivity contribution in [3.05, 3.63) is 58.6 Å². The largest absolute Gasteiger partial charge is 0.489 e. The topological polar surface area (TPSA) is 59.0 Å². The molecule has 0 aliphatic heterocycles. The lowest BCUT2D eigenvalue weighted by molar-refractivity contribution is 0.306. The molecule has 4 heteroatoms. The Hall–Kier alpha value is -2.18. The highest BCUT2D eigenvalue weighted by Crippen LogP contribution is 2.21. The first-order valence-electron chi connectivity index (χ1n) is 5.81. The summed E-state index contributed by atoms with van der Waals surface area (Å²) in [6.45, 7) is 0.427. The van der Waals surface area contributed by atoms with Gasteiger partial charge >= 0.3 is 0 Å². The first-order valence-corrected chi connectivity index (χ1v) is 6.19. The quantitative estimate of drug-likeness (QED) is 0.866. The molecular weight excluding hydrogens is 260 g/mol. The molecule has 0 radical (unpaired) electrons. The first-order chi connectivity index (χ1) is 9.19. The number of benzene rings is 2. The summed E-state index contributed by atoms with van der Waals surface area (Å²) < 4.78 is 5.67. The Labute approximate surface area is 117 Å². The first kappa shape index (κ1) is 13.3. The third kappa shape index (κ3) is 3.64. The summed E-state index contributed by atoms with van der Waals surface area (Å²) in [6, 6.07) is 14.9. The second-order valence-corrected chi connectivity index (χ2v) is 4.55. The molecule has 19 heavy (non-hydrogen) atoms. The van der Waals surface area contributed by atoms with Gasteiger partial charge in [-0.05, 0) is 41.5 Å². The lowest BCUT2D eigenvalue weighted by Gasteiger charge is -2.09. The number of halogens is 1. The highest BCUT2D eigenvalue weighted by Gasteiger charge is 2.02. The minimum Gasteiger partial charge on any atom is -0.489 e. The van der Waals surface area contributed by atoms with Crippen LogP contribution in [-0.2, 0) is 13.0 Å². The van der Waals surface area contributed by atoms with Crippen LogP contribution in [0.3, 0.4) is 0 Å². The number of nitrogen functional groups attached to an aromatic ring is 1. The van der Waals surface area contributed by atoms with Gasteiger partial charge in [-0.3, -0.25) is 0 Å². The van der Waals surface area contributed by atoms with Gasteiger partial charge in [-0.15, -0.1) is 0 Å². The Bertz CT molecular complexity index is 620. The zero-order valence-corrected chi connectivity index (χ0v) is 11.0. The van der Waals surface area contributed by atoms with Gasteiger partial charge in [0.15, 0.2) is 0 Å². The van der Waals surface area contributed by atoms with Crippen LogP contribution in [0.25, 0.3) is 0 Å². The van der Waals surface area contributed by atoms with E-state index in [4.69, 9.17) is 27.3 Å². The lowest BCUT2D eigenvalue weighted by Crippen LogP contribution is -1.98. The van der Waals surface area contributed by atoms with E-state index < -0.39 is 0 Å². The molecule has 0 saturated heterocycles. The van der Waals surface area contributed by atoms with Crippen LogP contribution < -0.4 is 10.5 Å². The number of nitrogens with zero attached hydrogens (tertiary/aromatic N) is 1. The van der Waals surface area contributed by atoms with E-state index in [0.29, 0.717) is 23.1 Å². The molecule has 0 aliphatic carbocycles. The maximum Gasteiger partial charge on any atom is 0.120 e. The molecule has 2 aromatic rings. The fourth-order valence-electron chi connectivity index (χ4n) is 1.70. The van der Waals surface area contributed by atoms with Crippen molar-refractivity contribution in [2.75, 3.05) is 5.73 Å². The number of ether oxygens (including phenoxy) is 1. The van der Waals surface area contributed by atoms with E-state index in [1.165, 1.54) is 0 Å². The smallest absolute Gasteiger partial charge is 0.120 e. The van der Waals surface area contributed by atoms with Gasteiger partial charge in [0, 0.05) is 10.7 Å². The highest BCUT2D eigenvalue weighted by atomic mass is 35.5. The average molecular weight is 273 g/mol. The van der Waals surface area contributed by atoms with Crippen LogP contribution in [0, 0.1) is 11.3 Å². The van der Waals surface area contributed by atoms with E-state index in [1.807, 2.05) is 24.3 Å². The average Bonchev–Trinajstić information content (AvgIpc) is 2.40. The molecule has 0 aromatic heterocycles. The van der Waals surface area contributed by atoms with Crippen molar-refractivity contribution in [3.63, 3.8) is 0 Å². The minimum absolute atomic E-state index is 0.278.